The molecule has 0 aliphatic heterocycles. The van der Waals surface area contributed by atoms with E-state index in [-0.39, 0.29) is 6.54 Å². The molecule has 6 nitrogen and oxygen atoms in total. The summed E-state index contributed by atoms with van der Waals surface area (Å²) < 4.78 is 10.2. The molecule has 1 atom stereocenters. The maximum atomic E-state index is 10.7. The van der Waals surface area contributed by atoms with Gasteiger partial charge in [0.2, 0.25) is 0 Å². The zero-order valence-corrected chi connectivity index (χ0v) is 10.6. The Labute approximate surface area is 105 Å². The van der Waals surface area contributed by atoms with Crippen molar-refractivity contribution in [3.8, 4) is 11.5 Å². The van der Waals surface area contributed by atoms with Gasteiger partial charge in [0.15, 0.2) is 5.60 Å². The first kappa shape index (κ1) is 14.1. The highest BCUT2D eigenvalue weighted by Gasteiger charge is 2.29. The Bertz CT molecular complexity index is 408. The topological polar surface area (TPSA) is 88.0 Å². The van der Waals surface area contributed by atoms with Gasteiger partial charge in [-0.25, -0.2) is 4.79 Å². The lowest BCUT2D eigenvalue weighted by atomic mass is 10.1. The van der Waals surface area contributed by atoms with E-state index in [2.05, 4.69) is 5.32 Å². The van der Waals surface area contributed by atoms with E-state index in [9.17, 15) is 9.90 Å². The number of carboxylic acid groups (broad SMARTS) is 1. The van der Waals surface area contributed by atoms with Gasteiger partial charge < -0.3 is 25.0 Å². The van der Waals surface area contributed by atoms with Crippen LogP contribution < -0.4 is 14.8 Å². The van der Waals surface area contributed by atoms with Crippen LogP contribution in [0.4, 0.5) is 5.69 Å². The SMILES string of the molecule is COc1cc(NCC(C)(O)C(=O)O)cc(OC)c1. The molecule has 1 unspecified atom stereocenters. The molecule has 1 aromatic carbocycles. The lowest BCUT2D eigenvalue weighted by molar-refractivity contribution is -0.155. The van der Waals surface area contributed by atoms with Crippen molar-refractivity contribution in [2.75, 3.05) is 26.1 Å². The minimum atomic E-state index is -1.84. The number of methoxy groups -OCH3 is 2. The van der Waals surface area contributed by atoms with Crippen LogP contribution in [0.3, 0.4) is 0 Å². The fraction of sp³-hybridized carbons (Fsp3) is 0.417. The van der Waals surface area contributed by atoms with Crippen LogP contribution >= 0.6 is 0 Å². The van der Waals surface area contributed by atoms with Crippen molar-refractivity contribution in [3.05, 3.63) is 18.2 Å². The highest BCUT2D eigenvalue weighted by molar-refractivity contribution is 5.77. The number of nitrogens with one attached hydrogen (secondary N) is 1. The third-order valence-corrected chi connectivity index (χ3v) is 2.45. The minimum absolute atomic E-state index is 0.126. The van der Waals surface area contributed by atoms with E-state index in [1.807, 2.05) is 0 Å². The quantitative estimate of drug-likeness (QED) is 0.701. The van der Waals surface area contributed by atoms with Crippen molar-refractivity contribution >= 4 is 11.7 Å². The van der Waals surface area contributed by atoms with Crippen molar-refractivity contribution in [2.24, 2.45) is 0 Å². The number of rotatable bonds is 6. The van der Waals surface area contributed by atoms with Gasteiger partial charge in [-0.1, -0.05) is 0 Å². The largest absolute Gasteiger partial charge is 0.497 e. The minimum Gasteiger partial charge on any atom is -0.497 e. The predicted molar refractivity (Wildman–Crippen MR) is 66.3 cm³/mol. The molecule has 0 aromatic heterocycles. The lowest BCUT2D eigenvalue weighted by Gasteiger charge is -2.19. The summed E-state index contributed by atoms with van der Waals surface area (Å²) in [7, 11) is 3.04. The first-order valence-electron chi connectivity index (χ1n) is 5.32. The Kier molecular flexibility index (Phi) is 4.38. The van der Waals surface area contributed by atoms with Gasteiger partial charge in [0, 0.05) is 23.9 Å². The van der Waals surface area contributed by atoms with Crippen LogP contribution in [0, 0.1) is 0 Å². The summed E-state index contributed by atoms with van der Waals surface area (Å²) >= 11 is 0. The van der Waals surface area contributed by atoms with E-state index < -0.39 is 11.6 Å². The van der Waals surface area contributed by atoms with Crippen molar-refractivity contribution in [2.45, 2.75) is 12.5 Å². The third-order valence-electron chi connectivity index (χ3n) is 2.45. The molecule has 0 aliphatic carbocycles. The first-order valence-corrected chi connectivity index (χ1v) is 5.32. The van der Waals surface area contributed by atoms with Gasteiger partial charge >= 0.3 is 5.97 Å². The molecule has 0 bridgehead atoms. The Morgan fingerprint density at radius 1 is 1.28 bits per heavy atom. The van der Waals surface area contributed by atoms with Gasteiger partial charge in [-0.05, 0) is 6.92 Å². The van der Waals surface area contributed by atoms with E-state index >= 15 is 0 Å². The Hall–Kier alpha value is -1.95. The smallest absolute Gasteiger partial charge is 0.337 e. The van der Waals surface area contributed by atoms with E-state index in [4.69, 9.17) is 14.6 Å². The van der Waals surface area contributed by atoms with Crippen LogP contribution in [-0.4, -0.2) is 42.5 Å². The molecular formula is C12H17NO5. The van der Waals surface area contributed by atoms with Crippen LogP contribution in [0.15, 0.2) is 18.2 Å². The third kappa shape index (κ3) is 3.53. The number of aliphatic carboxylic acids is 1. The van der Waals surface area contributed by atoms with E-state index in [1.165, 1.54) is 21.1 Å². The van der Waals surface area contributed by atoms with Crippen molar-refractivity contribution in [1.82, 2.24) is 0 Å². The number of benzene rings is 1. The van der Waals surface area contributed by atoms with Gasteiger partial charge in [0.25, 0.3) is 0 Å². The molecule has 1 rings (SSSR count). The molecule has 1 aromatic rings. The maximum Gasteiger partial charge on any atom is 0.337 e. The molecule has 0 radical (unpaired) electrons. The summed E-state index contributed by atoms with van der Waals surface area (Å²) in [6.07, 6.45) is 0. The number of ether oxygens (including phenoxy) is 2. The summed E-state index contributed by atoms with van der Waals surface area (Å²) in [6.45, 7) is 1.10. The van der Waals surface area contributed by atoms with Crippen LogP contribution in [-0.2, 0) is 4.79 Å². The standard InChI is InChI=1S/C12H17NO5/c1-12(16,11(14)15)7-13-8-4-9(17-2)6-10(5-8)18-3/h4-6,13,16H,7H2,1-3H3,(H,14,15). The highest BCUT2D eigenvalue weighted by atomic mass is 16.5. The second-order valence-corrected chi connectivity index (χ2v) is 4.03. The normalized spacial score (nSPS) is 13.6. The molecule has 0 heterocycles. The van der Waals surface area contributed by atoms with E-state index in [0.29, 0.717) is 17.2 Å². The number of aliphatic hydroxyl groups is 1. The molecule has 3 N–H and O–H groups in total. The average Bonchev–Trinajstić information content (AvgIpc) is 2.35. The molecule has 0 saturated carbocycles. The highest BCUT2D eigenvalue weighted by Crippen LogP contribution is 2.26. The second-order valence-electron chi connectivity index (χ2n) is 4.03. The summed E-state index contributed by atoms with van der Waals surface area (Å²) in [5.41, 5.74) is -1.23. The fourth-order valence-corrected chi connectivity index (χ4v) is 1.26. The average molecular weight is 255 g/mol. The molecule has 18 heavy (non-hydrogen) atoms. The van der Waals surface area contributed by atoms with Crippen LogP contribution in [0.25, 0.3) is 0 Å². The van der Waals surface area contributed by atoms with Gasteiger partial charge in [-0.2, -0.15) is 0 Å². The number of hydrogen-bond acceptors (Lipinski definition) is 5. The van der Waals surface area contributed by atoms with Crippen LogP contribution in [0.1, 0.15) is 6.92 Å². The maximum absolute atomic E-state index is 10.7. The zero-order chi connectivity index (χ0) is 13.8. The van der Waals surface area contributed by atoms with E-state index in [1.54, 1.807) is 18.2 Å². The first-order chi connectivity index (χ1) is 8.39. The molecule has 100 valence electrons. The van der Waals surface area contributed by atoms with Gasteiger partial charge in [-0.15, -0.1) is 0 Å². The lowest BCUT2D eigenvalue weighted by Crippen LogP contribution is -2.41. The van der Waals surface area contributed by atoms with Gasteiger partial charge in [-0.3, -0.25) is 0 Å². The molecule has 0 aliphatic rings. The summed E-state index contributed by atoms with van der Waals surface area (Å²) in [6, 6.07) is 5.06. The second kappa shape index (κ2) is 5.59. The molecule has 0 spiro atoms. The van der Waals surface area contributed by atoms with Crippen molar-refractivity contribution in [1.29, 1.82) is 0 Å². The fourth-order valence-electron chi connectivity index (χ4n) is 1.26. The molecule has 0 amide bonds. The Morgan fingerprint density at radius 3 is 2.17 bits per heavy atom. The Morgan fingerprint density at radius 2 is 1.78 bits per heavy atom. The summed E-state index contributed by atoms with van der Waals surface area (Å²) in [5.74, 6) is -0.136. The van der Waals surface area contributed by atoms with Crippen LogP contribution in [0.5, 0.6) is 11.5 Å². The van der Waals surface area contributed by atoms with Gasteiger partial charge in [0.1, 0.15) is 11.5 Å². The molecule has 0 saturated heterocycles. The number of carbonyl (C=O) groups is 1. The van der Waals surface area contributed by atoms with Gasteiger partial charge in [0.05, 0.1) is 20.8 Å². The molecule has 0 fully saturated rings. The van der Waals surface area contributed by atoms with Crippen LogP contribution in [0.2, 0.25) is 0 Å². The predicted octanol–water partition coefficient (Wildman–Crippen LogP) is 0.951. The summed E-state index contributed by atoms with van der Waals surface area (Å²) in [5, 5.41) is 21.2. The Balaban J connectivity index is 2.81. The van der Waals surface area contributed by atoms with E-state index in [0.717, 1.165) is 0 Å². The summed E-state index contributed by atoms with van der Waals surface area (Å²) in [4.78, 5) is 10.7. The van der Waals surface area contributed by atoms with Crippen molar-refractivity contribution < 1.29 is 24.5 Å². The molecule has 6 heteroatoms. The zero-order valence-electron chi connectivity index (χ0n) is 10.6. The molecular weight excluding hydrogens is 238 g/mol. The number of anilines is 1. The van der Waals surface area contributed by atoms with Crippen molar-refractivity contribution in [3.63, 3.8) is 0 Å². The monoisotopic (exact) mass is 255 g/mol. The number of carboxylic acids is 1. The number of hydrogen-bond donors (Lipinski definition) is 3.